The summed E-state index contributed by atoms with van der Waals surface area (Å²) < 4.78 is 12.6. The van der Waals surface area contributed by atoms with E-state index in [1.165, 1.54) is 23.5 Å². The average Bonchev–Trinajstić information content (AvgIpc) is 2.53. The summed E-state index contributed by atoms with van der Waals surface area (Å²) in [5, 5.41) is 3.04. The van der Waals surface area contributed by atoms with Crippen molar-refractivity contribution < 1.29 is 4.39 Å². The van der Waals surface area contributed by atoms with Gasteiger partial charge in [0.1, 0.15) is 16.0 Å². The van der Waals surface area contributed by atoms with Crippen LogP contribution in [0.15, 0.2) is 29.6 Å². The highest BCUT2D eigenvalue weighted by atomic mass is 35.5. The highest BCUT2D eigenvalue weighted by Crippen LogP contribution is 2.25. The molecule has 13 heavy (non-hydrogen) atoms. The molecule has 1 aromatic carbocycles. The van der Waals surface area contributed by atoms with Gasteiger partial charge in [-0.1, -0.05) is 11.6 Å². The van der Waals surface area contributed by atoms with Crippen molar-refractivity contribution in [3.05, 3.63) is 40.6 Å². The first kappa shape index (κ1) is 8.66. The van der Waals surface area contributed by atoms with Gasteiger partial charge in [-0.3, -0.25) is 0 Å². The van der Waals surface area contributed by atoms with Crippen molar-refractivity contribution in [1.82, 2.24) is 4.98 Å². The van der Waals surface area contributed by atoms with Crippen molar-refractivity contribution >= 4 is 22.9 Å². The smallest absolute Gasteiger partial charge is 0.140 e. The molecule has 0 radical (unpaired) electrons. The third kappa shape index (κ3) is 1.87. The second-order valence-corrected chi connectivity index (χ2v) is 3.73. The van der Waals surface area contributed by atoms with Gasteiger partial charge >= 0.3 is 0 Å². The van der Waals surface area contributed by atoms with Crippen LogP contribution in [0.4, 0.5) is 4.39 Å². The fourth-order valence-corrected chi connectivity index (χ4v) is 1.93. The molecule has 0 aliphatic heterocycles. The maximum absolute atomic E-state index is 12.6. The van der Waals surface area contributed by atoms with Crippen LogP contribution in [0.5, 0.6) is 0 Å². The monoisotopic (exact) mass is 213 g/mol. The van der Waals surface area contributed by atoms with E-state index in [2.05, 4.69) is 4.98 Å². The van der Waals surface area contributed by atoms with Gasteiger partial charge in [-0.2, -0.15) is 0 Å². The topological polar surface area (TPSA) is 12.9 Å². The minimum absolute atomic E-state index is 0.244. The third-order valence-electron chi connectivity index (χ3n) is 1.57. The van der Waals surface area contributed by atoms with Crippen LogP contribution in [-0.2, 0) is 0 Å². The molecule has 0 amide bonds. The Bertz CT molecular complexity index is 410. The van der Waals surface area contributed by atoms with Crippen molar-refractivity contribution in [2.45, 2.75) is 0 Å². The molecule has 2 aromatic rings. The van der Waals surface area contributed by atoms with E-state index in [0.29, 0.717) is 5.15 Å². The Morgan fingerprint density at radius 3 is 2.46 bits per heavy atom. The number of hydrogen-bond donors (Lipinski definition) is 0. The van der Waals surface area contributed by atoms with E-state index in [0.717, 1.165) is 10.6 Å². The molecule has 0 saturated carbocycles. The van der Waals surface area contributed by atoms with Crippen molar-refractivity contribution in [2.75, 3.05) is 0 Å². The molecule has 1 heterocycles. The molecule has 0 N–H and O–H groups in total. The van der Waals surface area contributed by atoms with E-state index >= 15 is 0 Å². The number of hydrogen-bond acceptors (Lipinski definition) is 2. The lowest BCUT2D eigenvalue weighted by Crippen LogP contribution is -1.76. The fourth-order valence-electron chi connectivity index (χ4n) is 0.979. The van der Waals surface area contributed by atoms with Crippen LogP contribution in [0.1, 0.15) is 0 Å². The van der Waals surface area contributed by atoms with Crippen LogP contribution in [0.3, 0.4) is 0 Å². The molecule has 0 aliphatic carbocycles. The second-order valence-electron chi connectivity index (χ2n) is 2.48. The molecule has 0 aliphatic rings. The number of rotatable bonds is 1. The molecular weight excluding hydrogens is 209 g/mol. The molecule has 1 aromatic heterocycles. The Labute approximate surface area is 83.8 Å². The van der Waals surface area contributed by atoms with Crippen LogP contribution < -0.4 is 0 Å². The molecule has 0 unspecified atom stereocenters. The van der Waals surface area contributed by atoms with Gasteiger partial charge in [0.2, 0.25) is 0 Å². The number of nitrogens with zero attached hydrogens (tertiary/aromatic N) is 1. The Kier molecular flexibility index (Phi) is 2.29. The number of benzene rings is 1. The van der Waals surface area contributed by atoms with Gasteiger partial charge in [0, 0.05) is 10.9 Å². The SMILES string of the molecule is Fc1ccc(-c2nc(Cl)cs2)cc1. The summed E-state index contributed by atoms with van der Waals surface area (Å²) in [6, 6.07) is 6.18. The number of halogens is 2. The highest BCUT2D eigenvalue weighted by Gasteiger charge is 2.02. The minimum atomic E-state index is -0.244. The Hall–Kier alpha value is -0.930. The molecule has 66 valence electrons. The summed E-state index contributed by atoms with van der Waals surface area (Å²) in [6.45, 7) is 0. The van der Waals surface area contributed by atoms with Crippen LogP contribution in [0.25, 0.3) is 10.6 Å². The summed E-state index contributed by atoms with van der Waals surface area (Å²) in [6.07, 6.45) is 0. The summed E-state index contributed by atoms with van der Waals surface area (Å²) in [5.74, 6) is -0.244. The van der Waals surface area contributed by atoms with Crippen molar-refractivity contribution in [3.8, 4) is 10.6 Å². The van der Waals surface area contributed by atoms with Crippen LogP contribution in [-0.4, -0.2) is 4.98 Å². The van der Waals surface area contributed by atoms with Crippen molar-refractivity contribution in [1.29, 1.82) is 0 Å². The molecule has 0 atom stereocenters. The van der Waals surface area contributed by atoms with Crippen molar-refractivity contribution in [2.24, 2.45) is 0 Å². The largest absolute Gasteiger partial charge is 0.224 e. The van der Waals surface area contributed by atoms with Crippen LogP contribution >= 0.6 is 22.9 Å². The normalized spacial score (nSPS) is 10.3. The predicted molar refractivity (Wildman–Crippen MR) is 52.5 cm³/mol. The van der Waals surface area contributed by atoms with Gasteiger partial charge in [0.15, 0.2) is 0 Å². The third-order valence-corrected chi connectivity index (χ3v) is 2.78. The zero-order valence-corrected chi connectivity index (χ0v) is 8.07. The maximum atomic E-state index is 12.6. The quantitative estimate of drug-likeness (QED) is 0.705. The highest BCUT2D eigenvalue weighted by molar-refractivity contribution is 7.13. The second kappa shape index (κ2) is 3.44. The van der Waals surface area contributed by atoms with Gasteiger partial charge in [0.05, 0.1) is 0 Å². The lowest BCUT2D eigenvalue weighted by Gasteiger charge is -1.93. The first-order chi connectivity index (χ1) is 6.25. The Balaban J connectivity index is 2.41. The molecule has 4 heteroatoms. The lowest BCUT2D eigenvalue weighted by atomic mass is 10.2. The molecule has 0 fully saturated rings. The number of aromatic nitrogens is 1. The van der Waals surface area contributed by atoms with Crippen LogP contribution in [0.2, 0.25) is 5.15 Å². The standard InChI is InChI=1S/C9H5ClFNS/c10-8-5-13-9(12-8)6-1-3-7(11)4-2-6/h1-5H. The van der Waals surface area contributed by atoms with E-state index in [4.69, 9.17) is 11.6 Å². The predicted octanol–water partition coefficient (Wildman–Crippen LogP) is 3.60. The van der Waals surface area contributed by atoms with E-state index < -0.39 is 0 Å². The summed E-state index contributed by atoms with van der Waals surface area (Å²) in [7, 11) is 0. The van der Waals surface area contributed by atoms with Gasteiger partial charge in [-0.15, -0.1) is 11.3 Å². The van der Waals surface area contributed by atoms with E-state index in [9.17, 15) is 4.39 Å². The zero-order valence-electron chi connectivity index (χ0n) is 6.50. The molecule has 1 nitrogen and oxygen atoms in total. The van der Waals surface area contributed by atoms with Gasteiger partial charge in [-0.05, 0) is 24.3 Å². The summed E-state index contributed by atoms with van der Waals surface area (Å²) >= 11 is 7.11. The van der Waals surface area contributed by atoms with Gasteiger partial charge in [-0.25, -0.2) is 9.37 Å². The molecule has 0 saturated heterocycles. The first-order valence-corrected chi connectivity index (χ1v) is 4.88. The van der Waals surface area contributed by atoms with E-state index in [1.807, 2.05) is 0 Å². The van der Waals surface area contributed by atoms with E-state index in [1.54, 1.807) is 17.5 Å². The summed E-state index contributed by atoms with van der Waals surface area (Å²) in [5.41, 5.74) is 0.887. The van der Waals surface area contributed by atoms with Gasteiger partial charge < -0.3 is 0 Å². The lowest BCUT2D eigenvalue weighted by molar-refractivity contribution is 0.628. The molecule has 2 rings (SSSR count). The zero-order chi connectivity index (χ0) is 9.26. The number of thiazole rings is 1. The Morgan fingerprint density at radius 1 is 1.23 bits per heavy atom. The molecule has 0 bridgehead atoms. The molecule has 0 spiro atoms. The van der Waals surface area contributed by atoms with Crippen LogP contribution in [0, 0.1) is 5.82 Å². The first-order valence-electron chi connectivity index (χ1n) is 3.63. The average molecular weight is 214 g/mol. The van der Waals surface area contributed by atoms with Gasteiger partial charge in [0.25, 0.3) is 0 Å². The Morgan fingerprint density at radius 2 is 1.92 bits per heavy atom. The van der Waals surface area contributed by atoms with Crippen molar-refractivity contribution in [3.63, 3.8) is 0 Å². The molecular formula is C9H5ClFNS. The fraction of sp³-hybridized carbons (Fsp3) is 0. The van der Waals surface area contributed by atoms with E-state index in [-0.39, 0.29) is 5.82 Å². The minimum Gasteiger partial charge on any atom is -0.224 e. The summed E-state index contributed by atoms with van der Waals surface area (Å²) in [4.78, 5) is 4.07. The maximum Gasteiger partial charge on any atom is 0.140 e.